The van der Waals surface area contributed by atoms with Crippen LogP contribution in [-0.4, -0.2) is 77.8 Å². The largest absolute Gasteiger partial charge is 1.00 e. The minimum atomic E-state index is -4.66. The van der Waals surface area contributed by atoms with E-state index in [4.69, 9.17) is 0 Å². The summed E-state index contributed by atoms with van der Waals surface area (Å²) in [5, 5.41) is 0. The zero-order valence-electron chi connectivity index (χ0n) is 45.0. The molecule has 0 heterocycles. The van der Waals surface area contributed by atoms with E-state index in [1.54, 1.807) is 60.7 Å². The second-order valence-electron chi connectivity index (χ2n) is 16.6. The number of rotatable bonds is 15. The van der Waals surface area contributed by atoms with E-state index in [0.29, 0.717) is 11.1 Å². The Bertz CT molecular complexity index is 3970. The molecule has 8 aromatic rings. The summed E-state index contributed by atoms with van der Waals surface area (Å²) in [7, 11) is -27.2. The molecule has 0 saturated carbocycles. The summed E-state index contributed by atoms with van der Waals surface area (Å²) in [6.45, 7) is 0. The van der Waals surface area contributed by atoms with Gasteiger partial charge in [0.05, 0.1) is 19.6 Å². The summed E-state index contributed by atoms with van der Waals surface area (Å²) in [5.74, 6) is 0. The van der Waals surface area contributed by atoms with E-state index in [2.05, 4.69) is 0 Å². The van der Waals surface area contributed by atoms with E-state index in [1.807, 2.05) is 48.5 Å². The van der Waals surface area contributed by atoms with Gasteiger partial charge in [-0.05, 0) is 92.0 Å². The Morgan fingerprint density at radius 3 is 0.595 bits per heavy atom. The topological polar surface area (TPSA) is 338 Å². The molecular weight excluding hydrogens is 1240 g/mol. The Hall–Kier alpha value is -3.82. The van der Waals surface area contributed by atoms with Gasteiger partial charge in [0.2, 0.25) is 0 Å². The van der Waals surface area contributed by atoms with Gasteiger partial charge in [-0.1, -0.05) is 206 Å². The van der Waals surface area contributed by atoms with Crippen LogP contribution >= 0.6 is 0 Å². The fraction of sp³-hybridized carbons (Fsp3) is 0. The molecule has 0 unspecified atom stereocenters. The zero-order chi connectivity index (χ0) is 58.5. The van der Waals surface area contributed by atoms with Gasteiger partial charge in [0, 0.05) is 0 Å². The molecule has 18 nitrogen and oxygen atoms in total. The van der Waals surface area contributed by atoms with E-state index in [1.165, 1.54) is 109 Å². The van der Waals surface area contributed by atoms with E-state index in [-0.39, 0.29) is 150 Å². The smallest absolute Gasteiger partial charge is 0.744 e. The van der Waals surface area contributed by atoms with E-state index < -0.39 is 80.3 Å². The summed E-state index contributed by atoms with van der Waals surface area (Å²) < 4.78 is 199. The SMILES string of the molecule is O=S(=O)(O)c1ccccc1C=Cc1ccc(-c2ccc(C=Cc3ccccc3S(=O)(=O)O)cc2)cc1.O=S(=O)([O-])c1ccccc1C=Cc1ccccc1S(=O)(=O)[O-].O=S(=O)([O-])c1ccccc1C=Cc1ccccc1S(=O)(=O)[O-].[Na+].[Na+].[Na+].[Na+]. The van der Waals surface area contributed by atoms with Gasteiger partial charge in [0.15, 0.2) is 0 Å². The van der Waals surface area contributed by atoms with E-state index >= 15 is 0 Å². The third kappa shape index (κ3) is 23.0. The third-order valence-corrected chi connectivity index (χ3v) is 16.6. The van der Waals surface area contributed by atoms with E-state index in [9.17, 15) is 77.8 Å². The molecular formula is C56H42Na4O18S6. The fourth-order valence-electron chi connectivity index (χ4n) is 7.39. The molecule has 0 saturated heterocycles. The van der Waals surface area contributed by atoms with Crippen molar-refractivity contribution in [3.05, 3.63) is 239 Å². The van der Waals surface area contributed by atoms with Gasteiger partial charge in [-0.15, -0.1) is 0 Å². The second-order valence-corrected chi connectivity index (χ2v) is 24.7. The zero-order valence-corrected chi connectivity index (χ0v) is 57.9. The Labute approximate surface area is 576 Å². The van der Waals surface area contributed by atoms with Gasteiger partial charge in [-0.3, -0.25) is 9.11 Å². The Kier molecular flexibility index (Phi) is 30.4. The summed E-state index contributed by atoms with van der Waals surface area (Å²) in [6.07, 6.45) is 11.9. The van der Waals surface area contributed by atoms with Crippen LogP contribution in [-0.2, 0) is 60.7 Å². The Morgan fingerprint density at radius 1 is 0.238 bits per heavy atom. The Balaban J connectivity index is 0.000000440. The average Bonchev–Trinajstić information content (AvgIpc) is 3.62. The van der Waals surface area contributed by atoms with Crippen molar-refractivity contribution in [3.8, 4) is 11.1 Å². The maximum atomic E-state index is 11.5. The molecule has 414 valence electrons. The second kappa shape index (κ2) is 33.5. The molecule has 2 N–H and O–H groups in total. The molecule has 8 aromatic carbocycles. The number of hydrogen-bond donors (Lipinski definition) is 2. The third-order valence-electron chi connectivity index (χ3n) is 11.1. The average molecular weight is 1290 g/mol. The van der Waals surface area contributed by atoms with Gasteiger partial charge in [0.1, 0.15) is 50.3 Å². The summed E-state index contributed by atoms with van der Waals surface area (Å²) >= 11 is 0. The Morgan fingerprint density at radius 2 is 0.405 bits per heavy atom. The van der Waals surface area contributed by atoms with Gasteiger partial charge in [0.25, 0.3) is 20.2 Å². The molecule has 28 heteroatoms. The van der Waals surface area contributed by atoms with Crippen molar-refractivity contribution >= 4 is 109 Å². The molecule has 0 amide bonds. The van der Waals surface area contributed by atoms with Gasteiger partial charge in [-0.2, -0.15) is 16.8 Å². The normalized spacial score (nSPS) is 11.9. The van der Waals surface area contributed by atoms with Crippen LogP contribution in [0, 0.1) is 0 Å². The van der Waals surface area contributed by atoms with Crippen molar-refractivity contribution in [2.24, 2.45) is 0 Å². The molecule has 0 aromatic heterocycles. The quantitative estimate of drug-likeness (QED) is 0.0610. The molecule has 0 atom stereocenters. The minimum absolute atomic E-state index is 0. The summed E-state index contributed by atoms with van der Waals surface area (Å²) in [4.78, 5) is -1.98. The molecule has 0 radical (unpaired) electrons. The molecule has 0 aliphatic carbocycles. The summed E-state index contributed by atoms with van der Waals surface area (Å²) in [6, 6.07) is 49.8. The van der Waals surface area contributed by atoms with Crippen LogP contribution in [0.4, 0.5) is 0 Å². The van der Waals surface area contributed by atoms with Crippen LogP contribution < -0.4 is 118 Å². The van der Waals surface area contributed by atoms with Gasteiger partial charge >= 0.3 is 118 Å². The van der Waals surface area contributed by atoms with Crippen LogP contribution in [0.5, 0.6) is 0 Å². The van der Waals surface area contributed by atoms with E-state index in [0.717, 1.165) is 46.5 Å². The first-order chi connectivity index (χ1) is 37.5. The summed E-state index contributed by atoms with van der Waals surface area (Å²) in [5.41, 5.74) is 4.91. The molecule has 0 fully saturated rings. The fourth-order valence-corrected chi connectivity index (χ4v) is 11.4. The number of benzene rings is 8. The first-order valence-electron chi connectivity index (χ1n) is 22.8. The van der Waals surface area contributed by atoms with Gasteiger partial charge < -0.3 is 18.2 Å². The maximum Gasteiger partial charge on any atom is 1.00 e. The molecule has 0 aliphatic rings. The predicted molar refractivity (Wildman–Crippen MR) is 298 cm³/mol. The minimum Gasteiger partial charge on any atom is -0.744 e. The van der Waals surface area contributed by atoms with Crippen LogP contribution in [0.25, 0.3) is 59.7 Å². The molecule has 0 spiro atoms. The maximum absolute atomic E-state index is 11.5. The van der Waals surface area contributed by atoms with Crippen LogP contribution in [0.2, 0.25) is 0 Å². The van der Waals surface area contributed by atoms with Crippen LogP contribution in [0.3, 0.4) is 0 Å². The van der Waals surface area contributed by atoms with Crippen molar-refractivity contribution in [2.75, 3.05) is 0 Å². The molecule has 8 rings (SSSR count). The van der Waals surface area contributed by atoms with Crippen molar-refractivity contribution in [1.29, 1.82) is 0 Å². The van der Waals surface area contributed by atoms with Crippen LogP contribution in [0.15, 0.2) is 223 Å². The predicted octanol–water partition coefficient (Wildman–Crippen LogP) is -2.47. The van der Waals surface area contributed by atoms with Crippen molar-refractivity contribution < 1.29 is 196 Å². The molecule has 0 bridgehead atoms. The van der Waals surface area contributed by atoms with Crippen LogP contribution in [0.1, 0.15) is 44.5 Å². The standard InChI is InChI=1S/C28H22O6S2.2C14H12O6S2.4Na/c29-35(30,31)27-7-3-1-5-25(27)19-13-21-9-15-23(16-10-21)24-17-11-22(12-18-24)14-20-26-6-2-4-8-28(26)36(32,33)34;2*15-21(16,17)13-7-3-1-5-11(13)9-10-12-6-2-4-8-14(12)22(18,19)20;;;;/h1-20H,(H,29,30,31)(H,32,33,34);2*1-10H,(H,15,16,17)(H,18,19,20);;;;/q;;;4*+1/p-4. The van der Waals surface area contributed by atoms with Crippen molar-refractivity contribution in [3.63, 3.8) is 0 Å². The number of hydrogen-bond acceptors (Lipinski definition) is 16. The monoisotopic (exact) mass is 1290 g/mol. The van der Waals surface area contributed by atoms with Crippen molar-refractivity contribution in [2.45, 2.75) is 29.4 Å². The van der Waals surface area contributed by atoms with Gasteiger partial charge in [-0.25, -0.2) is 33.7 Å². The van der Waals surface area contributed by atoms with Crippen molar-refractivity contribution in [1.82, 2.24) is 0 Å². The molecule has 84 heavy (non-hydrogen) atoms. The molecule has 0 aliphatic heterocycles. The first kappa shape index (κ1) is 76.3. The first-order valence-corrected chi connectivity index (χ1v) is 31.3.